The highest BCUT2D eigenvalue weighted by molar-refractivity contribution is 5.94. The van der Waals surface area contributed by atoms with E-state index in [2.05, 4.69) is 25.4 Å². The Labute approximate surface area is 233 Å². The molecule has 4 aliphatic rings. The number of amides is 3. The predicted molar refractivity (Wildman–Crippen MR) is 144 cm³/mol. The van der Waals surface area contributed by atoms with Gasteiger partial charge in [0, 0.05) is 54.2 Å². The molecule has 0 bridgehead atoms. The van der Waals surface area contributed by atoms with Crippen molar-refractivity contribution in [3.63, 3.8) is 0 Å². The van der Waals surface area contributed by atoms with Gasteiger partial charge in [-0.15, -0.1) is 0 Å². The molecule has 0 radical (unpaired) electrons. The number of hydrogen-bond acceptors (Lipinski definition) is 6. The number of nitrogens with zero attached hydrogens (tertiary/aromatic N) is 4. The van der Waals surface area contributed by atoms with Crippen molar-refractivity contribution in [2.75, 3.05) is 20.2 Å². The number of likely N-dealkylation sites (tertiary alicyclic amines) is 2. The van der Waals surface area contributed by atoms with Crippen LogP contribution in [0.15, 0.2) is 18.3 Å². The van der Waals surface area contributed by atoms with Crippen LogP contribution in [0.3, 0.4) is 0 Å². The van der Waals surface area contributed by atoms with Gasteiger partial charge in [0.2, 0.25) is 17.7 Å². The second-order valence-corrected chi connectivity index (χ2v) is 11.9. The van der Waals surface area contributed by atoms with Crippen molar-refractivity contribution in [1.82, 2.24) is 30.3 Å². The van der Waals surface area contributed by atoms with Crippen LogP contribution in [-0.4, -0.2) is 80.0 Å². The van der Waals surface area contributed by atoms with Crippen molar-refractivity contribution in [2.45, 2.75) is 88.3 Å². The summed E-state index contributed by atoms with van der Waals surface area (Å²) >= 11 is 0. The van der Waals surface area contributed by atoms with Crippen molar-refractivity contribution in [3.05, 3.63) is 29.8 Å². The molecule has 40 heavy (non-hydrogen) atoms. The third kappa shape index (κ3) is 4.62. The number of H-pyrrole nitrogens is 1. The molecule has 4 heterocycles. The van der Waals surface area contributed by atoms with E-state index in [4.69, 9.17) is 4.74 Å². The third-order valence-corrected chi connectivity index (χ3v) is 9.73. The fourth-order valence-corrected chi connectivity index (χ4v) is 7.32. The van der Waals surface area contributed by atoms with Crippen LogP contribution in [0.1, 0.15) is 81.6 Å². The van der Waals surface area contributed by atoms with Crippen molar-refractivity contribution in [3.8, 4) is 17.1 Å². The molecule has 2 saturated carbocycles. The topological polar surface area (TPSA) is 121 Å². The molecule has 6 rings (SSSR count). The van der Waals surface area contributed by atoms with Crippen molar-refractivity contribution < 1.29 is 23.5 Å². The Hall–Kier alpha value is -3.50. The number of nitrogens with one attached hydrogen (secondary N) is 2. The van der Waals surface area contributed by atoms with Crippen LogP contribution in [0.5, 0.6) is 5.88 Å². The minimum Gasteiger partial charge on any atom is -0.481 e. The van der Waals surface area contributed by atoms with Gasteiger partial charge in [0.15, 0.2) is 11.5 Å². The monoisotopic (exact) mass is 552 g/mol. The molecule has 10 nitrogen and oxygen atoms in total. The van der Waals surface area contributed by atoms with Crippen molar-refractivity contribution >= 4 is 17.7 Å². The Kier molecular flexibility index (Phi) is 6.78. The summed E-state index contributed by atoms with van der Waals surface area (Å²) in [6.45, 7) is 3.29. The highest BCUT2D eigenvalue weighted by Crippen LogP contribution is 2.51. The fraction of sp³-hybridized carbons (Fsp3) is 0.621. The Bertz CT molecular complexity index is 1320. The smallest absolute Gasteiger partial charge is 0.274 e. The molecule has 214 valence electrons. The van der Waals surface area contributed by atoms with Gasteiger partial charge >= 0.3 is 0 Å². The number of carbonyl (C=O) groups is 3. The van der Waals surface area contributed by atoms with E-state index in [1.165, 1.54) is 13.2 Å². The lowest BCUT2D eigenvalue weighted by Gasteiger charge is -2.44. The van der Waals surface area contributed by atoms with Gasteiger partial charge in [-0.3, -0.25) is 19.5 Å². The number of pyridine rings is 1. The molecule has 3 amide bonds. The lowest BCUT2D eigenvalue weighted by Crippen LogP contribution is -2.54. The molecule has 2 aromatic rings. The number of carbonyl (C=O) groups excluding carboxylic acids is 3. The largest absolute Gasteiger partial charge is 0.481 e. The van der Waals surface area contributed by atoms with E-state index >= 15 is 0 Å². The van der Waals surface area contributed by atoms with Crippen LogP contribution >= 0.6 is 0 Å². The molecule has 2 aliphatic carbocycles. The Morgan fingerprint density at radius 2 is 1.93 bits per heavy atom. The Balaban J connectivity index is 1.06. The molecule has 0 aromatic carbocycles. The molecule has 2 N–H and O–H groups in total. The number of hydrogen-bond donors (Lipinski definition) is 2. The molecular weight excluding hydrogens is 515 g/mol. The number of methoxy groups -OCH3 is 1. The lowest BCUT2D eigenvalue weighted by molar-refractivity contribution is -0.133. The Morgan fingerprint density at radius 3 is 2.62 bits per heavy atom. The summed E-state index contributed by atoms with van der Waals surface area (Å²) in [7, 11) is 1.45. The first-order valence-corrected chi connectivity index (χ1v) is 14.5. The van der Waals surface area contributed by atoms with Crippen LogP contribution in [0.2, 0.25) is 0 Å². The van der Waals surface area contributed by atoms with Crippen LogP contribution in [0, 0.1) is 11.7 Å². The number of aromatic amines is 1. The van der Waals surface area contributed by atoms with E-state index in [-0.39, 0.29) is 57.9 Å². The average Bonchev–Trinajstić information content (AvgIpc) is 3.41. The second-order valence-electron chi connectivity index (χ2n) is 11.9. The fourth-order valence-electron chi connectivity index (χ4n) is 7.32. The number of halogens is 1. The van der Waals surface area contributed by atoms with Crippen LogP contribution < -0.4 is 10.1 Å². The first-order chi connectivity index (χ1) is 19.3. The first kappa shape index (κ1) is 26.7. The van der Waals surface area contributed by atoms with E-state index in [0.29, 0.717) is 31.5 Å². The summed E-state index contributed by atoms with van der Waals surface area (Å²) in [5.74, 6) is -0.266. The molecule has 11 heteroatoms. The van der Waals surface area contributed by atoms with E-state index < -0.39 is 5.82 Å². The van der Waals surface area contributed by atoms with E-state index in [0.717, 1.165) is 57.7 Å². The number of aromatic nitrogens is 3. The van der Waals surface area contributed by atoms with Gasteiger partial charge in [-0.05, 0) is 70.8 Å². The molecule has 2 spiro atoms. The van der Waals surface area contributed by atoms with Crippen molar-refractivity contribution in [1.29, 1.82) is 0 Å². The Morgan fingerprint density at radius 1 is 1.15 bits per heavy atom. The summed E-state index contributed by atoms with van der Waals surface area (Å²) in [6.07, 6.45) is 9.28. The van der Waals surface area contributed by atoms with Crippen LogP contribution in [0.4, 0.5) is 4.39 Å². The normalized spacial score (nSPS) is 27.3. The van der Waals surface area contributed by atoms with Crippen molar-refractivity contribution in [2.24, 2.45) is 5.92 Å². The molecule has 2 aliphatic heterocycles. The highest BCUT2D eigenvalue weighted by atomic mass is 19.1. The predicted octanol–water partition coefficient (Wildman–Crippen LogP) is 3.44. The molecule has 0 unspecified atom stereocenters. The summed E-state index contributed by atoms with van der Waals surface area (Å²) < 4.78 is 19.5. The highest BCUT2D eigenvalue weighted by Gasteiger charge is 2.55. The van der Waals surface area contributed by atoms with E-state index in [1.54, 1.807) is 6.07 Å². The van der Waals surface area contributed by atoms with Crippen LogP contribution in [0.25, 0.3) is 11.3 Å². The number of ether oxygens (including phenoxy) is 1. The standard InChI is InChI=1S/C29H37FN6O4/c1-3-35-25(37)6-10-28(35)8-4-19(5-9-28)32-26(38)18-7-13-36(29(16-18)11-12-29)27(39)23-15-22(33-34-23)20-14-24(40-2)31-17-21(20)30/h14-15,17-19H,3-13,16H2,1-2H3,(H,32,38)(H,33,34)/t18-,19-,28-/m1/s1. The maximum atomic E-state index is 14.4. The summed E-state index contributed by atoms with van der Waals surface area (Å²) in [5.41, 5.74) is 0.494. The molecule has 2 aromatic heterocycles. The van der Waals surface area contributed by atoms with Gasteiger partial charge in [-0.25, -0.2) is 9.37 Å². The van der Waals surface area contributed by atoms with Gasteiger partial charge in [-0.2, -0.15) is 5.10 Å². The van der Waals surface area contributed by atoms with E-state index in [1.807, 2.05) is 11.8 Å². The number of piperidine rings is 1. The van der Waals surface area contributed by atoms with Gasteiger partial charge in [-0.1, -0.05) is 0 Å². The minimum absolute atomic E-state index is 0.0157. The quantitative estimate of drug-likeness (QED) is 0.567. The second kappa shape index (κ2) is 10.2. The average molecular weight is 553 g/mol. The van der Waals surface area contributed by atoms with Gasteiger partial charge in [0.1, 0.15) is 0 Å². The minimum atomic E-state index is -0.540. The SMILES string of the molecule is CCN1C(=O)CC[C@]12CC[C@@H](NC(=O)[C@@H]1CCN(C(=O)c3cc(-c4cc(OC)ncc4F)[nH]n3)C3(CC3)C1)CC2. The summed E-state index contributed by atoms with van der Waals surface area (Å²) in [4.78, 5) is 46.8. The summed E-state index contributed by atoms with van der Waals surface area (Å²) in [6, 6.07) is 3.16. The molecule has 2 saturated heterocycles. The maximum Gasteiger partial charge on any atom is 0.274 e. The van der Waals surface area contributed by atoms with E-state index in [9.17, 15) is 18.8 Å². The molecule has 1 atom stereocenters. The molecular formula is C29H37FN6O4. The maximum absolute atomic E-state index is 14.4. The zero-order valence-corrected chi connectivity index (χ0v) is 23.2. The molecule has 4 fully saturated rings. The van der Waals surface area contributed by atoms with Gasteiger partial charge < -0.3 is 19.9 Å². The van der Waals surface area contributed by atoms with Crippen LogP contribution in [-0.2, 0) is 9.59 Å². The zero-order chi connectivity index (χ0) is 28.1. The van der Waals surface area contributed by atoms with Gasteiger partial charge in [0.25, 0.3) is 5.91 Å². The van der Waals surface area contributed by atoms with Gasteiger partial charge in [0.05, 0.1) is 19.0 Å². The number of rotatable bonds is 6. The third-order valence-electron chi connectivity index (χ3n) is 9.73. The first-order valence-electron chi connectivity index (χ1n) is 14.5. The summed E-state index contributed by atoms with van der Waals surface area (Å²) in [5, 5.41) is 10.3. The lowest BCUT2D eigenvalue weighted by atomic mass is 9.77. The zero-order valence-electron chi connectivity index (χ0n) is 23.2.